The van der Waals surface area contributed by atoms with E-state index in [1.165, 1.54) is 0 Å². The van der Waals surface area contributed by atoms with Crippen molar-refractivity contribution in [3.63, 3.8) is 0 Å². The van der Waals surface area contributed by atoms with Crippen LogP contribution in [0.15, 0.2) is 30.6 Å². The fraction of sp³-hybridized carbons (Fsp3) is 0.429. The lowest BCUT2D eigenvalue weighted by Crippen LogP contribution is -2.19. The van der Waals surface area contributed by atoms with Gasteiger partial charge < -0.3 is 14.8 Å². The molecule has 0 unspecified atom stereocenters. The Morgan fingerprint density at radius 2 is 2.20 bits per heavy atom. The molecule has 0 atom stereocenters. The standard InChI is InChI=1S/C14H20N4O2/c1-19-7-6-15-9-14-16-11-18(17-14)10-12-4-3-5-13(8-12)20-2/h3-5,8,11,15H,6-7,9-10H2,1-2H3. The Morgan fingerprint density at radius 1 is 1.30 bits per heavy atom. The van der Waals surface area contributed by atoms with E-state index in [1.54, 1.807) is 20.5 Å². The molecule has 0 aliphatic carbocycles. The minimum atomic E-state index is 0.647. The average Bonchev–Trinajstić information content (AvgIpc) is 2.91. The van der Waals surface area contributed by atoms with Crippen LogP contribution in [0.4, 0.5) is 0 Å². The van der Waals surface area contributed by atoms with E-state index in [4.69, 9.17) is 9.47 Å². The maximum atomic E-state index is 5.21. The van der Waals surface area contributed by atoms with Gasteiger partial charge in [-0.25, -0.2) is 9.67 Å². The van der Waals surface area contributed by atoms with E-state index in [9.17, 15) is 0 Å². The van der Waals surface area contributed by atoms with E-state index >= 15 is 0 Å². The van der Waals surface area contributed by atoms with Crippen molar-refractivity contribution >= 4 is 0 Å². The third kappa shape index (κ3) is 4.32. The zero-order chi connectivity index (χ0) is 14.2. The van der Waals surface area contributed by atoms with Gasteiger partial charge in [0.2, 0.25) is 0 Å². The molecule has 0 fully saturated rings. The molecule has 1 aromatic carbocycles. The number of benzene rings is 1. The van der Waals surface area contributed by atoms with Gasteiger partial charge in [0.25, 0.3) is 0 Å². The van der Waals surface area contributed by atoms with E-state index in [-0.39, 0.29) is 0 Å². The Labute approximate surface area is 118 Å². The van der Waals surface area contributed by atoms with Crippen LogP contribution in [-0.2, 0) is 17.8 Å². The average molecular weight is 276 g/mol. The van der Waals surface area contributed by atoms with Crippen molar-refractivity contribution in [2.75, 3.05) is 27.4 Å². The molecule has 0 saturated heterocycles. The SMILES string of the molecule is COCCNCc1ncn(Cc2cccc(OC)c2)n1. The highest BCUT2D eigenvalue weighted by Gasteiger charge is 2.02. The molecule has 6 nitrogen and oxygen atoms in total. The van der Waals surface area contributed by atoms with Crippen LogP contribution in [0.3, 0.4) is 0 Å². The molecule has 6 heteroatoms. The van der Waals surface area contributed by atoms with Crippen LogP contribution in [0.25, 0.3) is 0 Å². The molecule has 0 bridgehead atoms. The van der Waals surface area contributed by atoms with E-state index in [2.05, 4.69) is 15.4 Å². The van der Waals surface area contributed by atoms with E-state index in [0.29, 0.717) is 19.7 Å². The number of aromatic nitrogens is 3. The minimum Gasteiger partial charge on any atom is -0.497 e. The predicted molar refractivity (Wildman–Crippen MR) is 75.7 cm³/mol. The largest absolute Gasteiger partial charge is 0.497 e. The third-order valence-electron chi connectivity index (χ3n) is 2.83. The molecule has 1 N–H and O–H groups in total. The topological polar surface area (TPSA) is 61.2 Å². The van der Waals surface area contributed by atoms with Gasteiger partial charge in [-0.05, 0) is 17.7 Å². The molecule has 0 spiro atoms. The summed E-state index contributed by atoms with van der Waals surface area (Å²) in [5.74, 6) is 1.63. The van der Waals surface area contributed by atoms with Gasteiger partial charge in [-0.2, -0.15) is 5.10 Å². The molecule has 20 heavy (non-hydrogen) atoms. The van der Waals surface area contributed by atoms with Crippen LogP contribution in [0, 0.1) is 0 Å². The number of nitrogens with zero attached hydrogens (tertiary/aromatic N) is 3. The number of hydrogen-bond acceptors (Lipinski definition) is 5. The highest BCUT2D eigenvalue weighted by atomic mass is 16.5. The molecule has 1 heterocycles. The summed E-state index contributed by atoms with van der Waals surface area (Å²) in [5, 5.41) is 7.63. The van der Waals surface area contributed by atoms with Gasteiger partial charge in [0, 0.05) is 13.7 Å². The highest BCUT2D eigenvalue weighted by molar-refractivity contribution is 5.28. The van der Waals surface area contributed by atoms with Crippen LogP contribution in [0.2, 0.25) is 0 Å². The molecule has 2 aromatic rings. The second-order valence-corrected chi connectivity index (χ2v) is 4.38. The molecule has 0 aliphatic rings. The molecule has 2 rings (SSSR count). The van der Waals surface area contributed by atoms with Crippen molar-refractivity contribution in [3.8, 4) is 5.75 Å². The van der Waals surface area contributed by atoms with Crippen molar-refractivity contribution in [3.05, 3.63) is 42.0 Å². The van der Waals surface area contributed by atoms with Crippen LogP contribution in [-0.4, -0.2) is 42.1 Å². The second kappa shape index (κ2) is 7.62. The zero-order valence-corrected chi connectivity index (χ0v) is 11.9. The first-order valence-corrected chi connectivity index (χ1v) is 6.52. The fourth-order valence-corrected chi connectivity index (χ4v) is 1.82. The summed E-state index contributed by atoms with van der Waals surface area (Å²) in [6, 6.07) is 7.94. The van der Waals surface area contributed by atoms with Crippen molar-refractivity contribution in [2.45, 2.75) is 13.1 Å². The number of methoxy groups -OCH3 is 2. The van der Waals surface area contributed by atoms with Crippen LogP contribution in [0.5, 0.6) is 5.75 Å². The first-order valence-electron chi connectivity index (χ1n) is 6.52. The number of nitrogens with one attached hydrogen (secondary N) is 1. The fourth-order valence-electron chi connectivity index (χ4n) is 1.82. The van der Waals surface area contributed by atoms with E-state index < -0.39 is 0 Å². The summed E-state index contributed by atoms with van der Waals surface area (Å²) in [4.78, 5) is 4.27. The Balaban J connectivity index is 1.88. The van der Waals surface area contributed by atoms with Crippen molar-refractivity contribution in [1.82, 2.24) is 20.1 Å². The molecule has 0 saturated carbocycles. The van der Waals surface area contributed by atoms with Gasteiger partial charge in [-0.1, -0.05) is 12.1 Å². The van der Waals surface area contributed by atoms with Crippen LogP contribution >= 0.6 is 0 Å². The smallest absolute Gasteiger partial charge is 0.164 e. The lowest BCUT2D eigenvalue weighted by molar-refractivity contribution is 0.199. The monoisotopic (exact) mass is 276 g/mol. The Kier molecular flexibility index (Phi) is 5.52. The summed E-state index contributed by atoms with van der Waals surface area (Å²) >= 11 is 0. The van der Waals surface area contributed by atoms with Gasteiger partial charge in [-0.15, -0.1) is 0 Å². The molecule has 0 amide bonds. The summed E-state index contributed by atoms with van der Waals surface area (Å²) in [7, 11) is 3.35. The van der Waals surface area contributed by atoms with E-state index in [0.717, 1.165) is 23.7 Å². The Bertz CT molecular complexity index is 527. The maximum absolute atomic E-state index is 5.21. The van der Waals surface area contributed by atoms with Gasteiger partial charge in [0.1, 0.15) is 12.1 Å². The predicted octanol–water partition coefficient (Wildman–Crippen LogP) is 1.07. The lowest BCUT2D eigenvalue weighted by Gasteiger charge is -2.04. The minimum absolute atomic E-state index is 0.647. The van der Waals surface area contributed by atoms with Crippen molar-refractivity contribution in [1.29, 1.82) is 0 Å². The highest BCUT2D eigenvalue weighted by Crippen LogP contribution is 2.13. The lowest BCUT2D eigenvalue weighted by atomic mass is 10.2. The quantitative estimate of drug-likeness (QED) is 0.731. The molecular formula is C14H20N4O2. The third-order valence-corrected chi connectivity index (χ3v) is 2.83. The van der Waals surface area contributed by atoms with Gasteiger partial charge >= 0.3 is 0 Å². The first-order chi connectivity index (χ1) is 9.81. The van der Waals surface area contributed by atoms with Crippen LogP contribution in [0.1, 0.15) is 11.4 Å². The Hall–Kier alpha value is -1.92. The van der Waals surface area contributed by atoms with Gasteiger partial charge in [0.15, 0.2) is 5.82 Å². The summed E-state index contributed by atoms with van der Waals surface area (Å²) < 4.78 is 12.0. The van der Waals surface area contributed by atoms with Gasteiger partial charge in [0.05, 0.1) is 26.8 Å². The summed E-state index contributed by atoms with van der Waals surface area (Å²) in [5.41, 5.74) is 1.13. The zero-order valence-electron chi connectivity index (χ0n) is 11.9. The number of rotatable bonds is 8. The molecular weight excluding hydrogens is 256 g/mol. The van der Waals surface area contributed by atoms with Crippen LogP contribution < -0.4 is 10.1 Å². The molecule has 108 valence electrons. The summed E-state index contributed by atoms with van der Waals surface area (Å²) in [6.07, 6.45) is 1.74. The number of ether oxygens (including phenoxy) is 2. The Morgan fingerprint density at radius 3 is 3.00 bits per heavy atom. The second-order valence-electron chi connectivity index (χ2n) is 4.38. The first kappa shape index (κ1) is 14.5. The number of hydrogen-bond donors (Lipinski definition) is 1. The molecule has 1 aromatic heterocycles. The van der Waals surface area contributed by atoms with E-state index in [1.807, 2.05) is 28.9 Å². The molecule has 0 aliphatic heterocycles. The summed E-state index contributed by atoms with van der Waals surface area (Å²) in [6.45, 7) is 2.81. The van der Waals surface area contributed by atoms with Gasteiger partial charge in [-0.3, -0.25) is 0 Å². The molecule has 0 radical (unpaired) electrons. The normalized spacial score (nSPS) is 10.7. The maximum Gasteiger partial charge on any atom is 0.164 e. The van der Waals surface area contributed by atoms with Crippen molar-refractivity contribution in [2.24, 2.45) is 0 Å². The van der Waals surface area contributed by atoms with Crippen molar-refractivity contribution < 1.29 is 9.47 Å².